The molecule has 0 aromatic heterocycles. The van der Waals surface area contributed by atoms with Crippen LogP contribution >= 0.6 is 0 Å². The molecule has 8 nitrogen and oxygen atoms in total. The molecule has 2 N–H and O–H groups in total. The zero-order valence-corrected chi connectivity index (χ0v) is 9.03. The summed E-state index contributed by atoms with van der Waals surface area (Å²) in [5.74, 6) is -0.822. The number of nitro benzene ring substituents is 1. The molecule has 0 unspecified atom stereocenters. The van der Waals surface area contributed by atoms with Gasteiger partial charge in [-0.1, -0.05) is 0 Å². The molecule has 0 aliphatic carbocycles. The summed E-state index contributed by atoms with van der Waals surface area (Å²) in [5.41, 5.74) is 1.91. The van der Waals surface area contributed by atoms with Crippen molar-refractivity contribution in [2.45, 2.75) is 6.42 Å². The Morgan fingerprint density at radius 3 is 3.00 bits per heavy atom. The normalized spacial score (nSPS) is 9.94. The predicted octanol–water partition coefficient (Wildman–Crippen LogP) is 0.664. The first-order valence-corrected chi connectivity index (χ1v) is 4.71. The molecule has 8 heteroatoms. The van der Waals surface area contributed by atoms with Gasteiger partial charge in [0, 0.05) is 17.7 Å². The number of nitrogens with zero attached hydrogens (tertiary/aromatic N) is 3. The van der Waals surface area contributed by atoms with Crippen LogP contribution in [0.1, 0.15) is 12.0 Å². The molecule has 0 saturated heterocycles. The van der Waals surface area contributed by atoms with Crippen LogP contribution in [-0.4, -0.2) is 22.2 Å². The van der Waals surface area contributed by atoms with Crippen LogP contribution < -0.4 is 5.43 Å². The second-order valence-corrected chi connectivity index (χ2v) is 3.13. The Morgan fingerprint density at radius 1 is 1.67 bits per heavy atom. The summed E-state index contributed by atoms with van der Waals surface area (Å²) in [6.07, 6.45) is 0.704. The van der Waals surface area contributed by atoms with Gasteiger partial charge in [0.15, 0.2) is 0 Å². The molecule has 1 rings (SSSR count). The highest BCUT2D eigenvalue weighted by atomic mass is 16.6. The third-order valence-electron chi connectivity index (χ3n) is 1.85. The topological polar surface area (TPSA) is 129 Å². The number of phenols is 1. The van der Waals surface area contributed by atoms with E-state index >= 15 is 0 Å². The van der Waals surface area contributed by atoms with Crippen molar-refractivity contribution in [2.24, 2.45) is 5.10 Å². The lowest BCUT2D eigenvalue weighted by Crippen LogP contribution is -2.16. The van der Waals surface area contributed by atoms with Crippen molar-refractivity contribution in [1.29, 1.82) is 5.26 Å². The van der Waals surface area contributed by atoms with E-state index in [0.717, 1.165) is 24.4 Å². The molecule has 0 aliphatic heterocycles. The maximum Gasteiger partial charge on any atom is 0.270 e. The van der Waals surface area contributed by atoms with E-state index in [1.54, 1.807) is 6.07 Å². The van der Waals surface area contributed by atoms with E-state index < -0.39 is 10.8 Å². The second kappa shape index (κ2) is 5.95. The van der Waals surface area contributed by atoms with Gasteiger partial charge in [0.2, 0.25) is 0 Å². The number of hydrogen-bond acceptors (Lipinski definition) is 6. The molecule has 0 fully saturated rings. The Kier molecular flexibility index (Phi) is 4.34. The molecule has 0 radical (unpaired) electrons. The van der Waals surface area contributed by atoms with Crippen LogP contribution in [-0.2, 0) is 4.79 Å². The molecule has 1 amide bonds. The summed E-state index contributed by atoms with van der Waals surface area (Å²) in [4.78, 5) is 20.8. The van der Waals surface area contributed by atoms with E-state index in [2.05, 4.69) is 5.10 Å². The summed E-state index contributed by atoms with van der Waals surface area (Å²) in [7, 11) is 0. The van der Waals surface area contributed by atoms with E-state index in [9.17, 15) is 20.0 Å². The molecule has 1 aromatic rings. The molecule has 0 heterocycles. The third-order valence-corrected chi connectivity index (χ3v) is 1.85. The maximum atomic E-state index is 10.9. The van der Waals surface area contributed by atoms with Gasteiger partial charge in [-0.2, -0.15) is 10.4 Å². The first-order valence-electron chi connectivity index (χ1n) is 4.71. The smallest absolute Gasteiger partial charge is 0.270 e. The minimum absolute atomic E-state index is 0.0847. The Hall–Kier alpha value is -2.95. The summed E-state index contributed by atoms with van der Waals surface area (Å²) in [6, 6.07) is 5.02. The highest BCUT2D eigenvalue weighted by molar-refractivity contribution is 5.86. The number of hydrazone groups is 1. The molecule has 0 saturated carbocycles. The van der Waals surface area contributed by atoms with Crippen molar-refractivity contribution in [1.82, 2.24) is 5.43 Å². The third kappa shape index (κ3) is 3.57. The first-order chi connectivity index (χ1) is 8.54. The number of rotatable bonds is 4. The van der Waals surface area contributed by atoms with Crippen molar-refractivity contribution in [3.8, 4) is 11.8 Å². The molecule has 0 spiro atoms. The Labute approximate surface area is 101 Å². The van der Waals surface area contributed by atoms with Gasteiger partial charge >= 0.3 is 0 Å². The molecule has 0 aliphatic rings. The van der Waals surface area contributed by atoms with Gasteiger partial charge in [-0.05, 0) is 6.07 Å². The average Bonchev–Trinajstić information content (AvgIpc) is 2.31. The fraction of sp³-hybridized carbons (Fsp3) is 0.100. The molecular weight excluding hydrogens is 240 g/mol. The quantitative estimate of drug-likeness (QED) is 0.459. The number of carbonyl (C=O) groups excluding carboxylic acids is 1. The van der Waals surface area contributed by atoms with Gasteiger partial charge in [0.25, 0.3) is 11.6 Å². The SMILES string of the molecule is N#CCC(=O)NN=Cc1cc([N+](=O)[O-])ccc1O. The van der Waals surface area contributed by atoms with E-state index in [0.29, 0.717) is 0 Å². The molecule has 0 atom stereocenters. The standard InChI is InChI=1S/C10H8N4O4/c11-4-3-10(16)13-12-6-7-5-8(14(17)18)1-2-9(7)15/h1-2,5-6,15H,3H2,(H,13,16). The lowest BCUT2D eigenvalue weighted by Gasteiger charge is -1.98. The number of hydrogen-bond donors (Lipinski definition) is 2. The Balaban J connectivity index is 2.81. The van der Waals surface area contributed by atoms with Crippen LogP contribution in [0.25, 0.3) is 0 Å². The minimum Gasteiger partial charge on any atom is -0.507 e. The molecule has 0 bridgehead atoms. The number of nitriles is 1. The van der Waals surface area contributed by atoms with E-state index in [1.807, 2.05) is 5.43 Å². The number of non-ortho nitro benzene ring substituents is 1. The van der Waals surface area contributed by atoms with Crippen LogP contribution in [0.15, 0.2) is 23.3 Å². The number of nitrogens with one attached hydrogen (secondary N) is 1. The molecule has 1 aromatic carbocycles. The van der Waals surface area contributed by atoms with Crippen molar-refractivity contribution in [2.75, 3.05) is 0 Å². The largest absolute Gasteiger partial charge is 0.507 e. The number of benzene rings is 1. The zero-order chi connectivity index (χ0) is 13.5. The lowest BCUT2D eigenvalue weighted by atomic mass is 10.2. The number of nitro groups is 1. The van der Waals surface area contributed by atoms with Crippen molar-refractivity contribution in [3.05, 3.63) is 33.9 Å². The van der Waals surface area contributed by atoms with Crippen LogP contribution in [0.2, 0.25) is 0 Å². The highest BCUT2D eigenvalue weighted by Crippen LogP contribution is 2.21. The molecule has 18 heavy (non-hydrogen) atoms. The predicted molar refractivity (Wildman–Crippen MR) is 60.7 cm³/mol. The summed E-state index contributed by atoms with van der Waals surface area (Å²) < 4.78 is 0. The Bertz CT molecular complexity index is 547. The van der Waals surface area contributed by atoms with Crippen molar-refractivity contribution < 1.29 is 14.8 Å². The summed E-state index contributed by atoms with van der Waals surface area (Å²) in [5, 5.41) is 31.6. The maximum absolute atomic E-state index is 10.9. The van der Waals surface area contributed by atoms with Crippen molar-refractivity contribution >= 4 is 17.8 Å². The minimum atomic E-state index is -0.620. The second-order valence-electron chi connectivity index (χ2n) is 3.13. The van der Waals surface area contributed by atoms with Gasteiger partial charge in [0.05, 0.1) is 17.2 Å². The van der Waals surface area contributed by atoms with E-state index in [-0.39, 0.29) is 23.4 Å². The van der Waals surface area contributed by atoms with Crippen LogP contribution in [0, 0.1) is 21.4 Å². The fourth-order valence-corrected chi connectivity index (χ4v) is 1.04. The fourth-order valence-electron chi connectivity index (χ4n) is 1.04. The van der Waals surface area contributed by atoms with Crippen LogP contribution in [0.5, 0.6) is 5.75 Å². The zero-order valence-electron chi connectivity index (χ0n) is 9.03. The average molecular weight is 248 g/mol. The van der Waals surface area contributed by atoms with Crippen molar-refractivity contribution in [3.63, 3.8) is 0 Å². The Morgan fingerprint density at radius 2 is 2.39 bits per heavy atom. The van der Waals surface area contributed by atoms with Gasteiger partial charge in [-0.15, -0.1) is 0 Å². The lowest BCUT2D eigenvalue weighted by molar-refractivity contribution is -0.384. The van der Waals surface area contributed by atoms with Gasteiger partial charge < -0.3 is 5.11 Å². The summed E-state index contributed by atoms with van der Waals surface area (Å²) in [6.45, 7) is 0. The molecule has 92 valence electrons. The number of amides is 1. The summed E-state index contributed by atoms with van der Waals surface area (Å²) >= 11 is 0. The molecular formula is C10H8N4O4. The van der Waals surface area contributed by atoms with E-state index in [4.69, 9.17) is 5.26 Å². The van der Waals surface area contributed by atoms with Crippen LogP contribution in [0.3, 0.4) is 0 Å². The monoisotopic (exact) mass is 248 g/mol. The number of aromatic hydroxyl groups is 1. The van der Waals surface area contributed by atoms with Gasteiger partial charge in [-0.3, -0.25) is 14.9 Å². The number of phenolic OH excluding ortho intramolecular Hbond substituents is 1. The van der Waals surface area contributed by atoms with Gasteiger partial charge in [0.1, 0.15) is 12.2 Å². The van der Waals surface area contributed by atoms with Crippen LogP contribution in [0.4, 0.5) is 5.69 Å². The first kappa shape index (κ1) is 13.1. The van der Waals surface area contributed by atoms with E-state index in [1.165, 1.54) is 0 Å². The van der Waals surface area contributed by atoms with Gasteiger partial charge in [-0.25, -0.2) is 5.43 Å². The number of carbonyl (C=O) groups is 1. The highest BCUT2D eigenvalue weighted by Gasteiger charge is 2.08.